The number of aromatic nitrogens is 3. The highest BCUT2D eigenvalue weighted by molar-refractivity contribution is 5.84. The molecule has 6 heteroatoms. The standard InChI is InChI=1S/C21H23N5O/c22-18-20(24-13-11-15-6-2-1-3-7-15)25-14-26-21(18)27-17-10-4-8-16-9-5-12-23-19(16)17/h4-6,8-10,12,14H,1-3,7,11,13,22H2,(H,24,25,26). The number of nitrogen functional groups attached to an aromatic ring is 1. The van der Waals surface area contributed by atoms with Crippen LogP contribution in [0.25, 0.3) is 10.9 Å². The fourth-order valence-corrected chi connectivity index (χ4v) is 3.34. The molecule has 3 N–H and O–H groups in total. The lowest BCUT2D eigenvalue weighted by molar-refractivity contribution is 0.469. The molecule has 0 saturated carbocycles. The van der Waals surface area contributed by atoms with E-state index in [0.717, 1.165) is 23.9 Å². The summed E-state index contributed by atoms with van der Waals surface area (Å²) in [5, 5.41) is 4.31. The van der Waals surface area contributed by atoms with Gasteiger partial charge in [0.25, 0.3) is 0 Å². The highest BCUT2D eigenvalue weighted by Gasteiger charge is 2.12. The molecule has 0 amide bonds. The second kappa shape index (κ2) is 8.03. The molecular weight excluding hydrogens is 338 g/mol. The molecule has 0 bridgehead atoms. The number of rotatable bonds is 6. The van der Waals surface area contributed by atoms with Crippen LogP contribution in [0.1, 0.15) is 32.1 Å². The molecule has 2 aromatic heterocycles. The number of ether oxygens (including phenoxy) is 1. The number of nitrogens with one attached hydrogen (secondary N) is 1. The number of benzene rings is 1. The van der Waals surface area contributed by atoms with E-state index in [9.17, 15) is 0 Å². The highest BCUT2D eigenvalue weighted by Crippen LogP contribution is 2.32. The third kappa shape index (κ3) is 4.00. The molecule has 0 atom stereocenters. The Morgan fingerprint density at radius 1 is 1.07 bits per heavy atom. The molecule has 6 nitrogen and oxygen atoms in total. The minimum absolute atomic E-state index is 0.336. The van der Waals surface area contributed by atoms with Crippen molar-refractivity contribution < 1.29 is 4.74 Å². The van der Waals surface area contributed by atoms with Gasteiger partial charge >= 0.3 is 0 Å². The molecule has 0 radical (unpaired) electrons. The number of hydrogen-bond acceptors (Lipinski definition) is 6. The Bertz CT molecular complexity index is 964. The number of para-hydroxylation sites is 1. The Morgan fingerprint density at radius 2 is 2.00 bits per heavy atom. The van der Waals surface area contributed by atoms with Crippen molar-refractivity contribution in [3.63, 3.8) is 0 Å². The molecule has 1 aliphatic carbocycles. The number of nitrogens with two attached hydrogens (primary N) is 1. The van der Waals surface area contributed by atoms with Gasteiger partial charge in [-0.3, -0.25) is 4.98 Å². The third-order valence-electron chi connectivity index (χ3n) is 4.77. The fraction of sp³-hybridized carbons (Fsp3) is 0.286. The van der Waals surface area contributed by atoms with Gasteiger partial charge in [-0.05, 0) is 44.2 Å². The van der Waals surface area contributed by atoms with Gasteiger partial charge in [-0.25, -0.2) is 4.98 Å². The van der Waals surface area contributed by atoms with E-state index in [0.29, 0.717) is 23.1 Å². The van der Waals surface area contributed by atoms with Crippen molar-refractivity contribution in [1.29, 1.82) is 0 Å². The molecule has 1 aliphatic rings. The minimum atomic E-state index is 0.336. The van der Waals surface area contributed by atoms with Crippen LogP contribution >= 0.6 is 0 Å². The number of hydrogen-bond donors (Lipinski definition) is 2. The Kier molecular flexibility index (Phi) is 5.14. The number of nitrogens with zero attached hydrogens (tertiary/aromatic N) is 3. The quantitative estimate of drug-likeness (QED) is 0.619. The van der Waals surface area contributed by atoms with Crippen molar-refractivity contribution in [2.24, 2.45) is 0 Å². The lowest BCUT2D eigenvalue weighted by Crippen LogP contribution is -2.09. The van der Waals surface area contributed by atoms with E-state index in [2.05, 4.69) is 26.3 Å². The summed E-state index contributed by atoms with van der Waals surface area (Å²) < 4.78 is 5.97. The molecule has 2 heterocycles. The van der Waals surface area contributed by atoms with Crippen LogP contribution < -0.4 is 15.8 Å². The van der Waals surface area contributed by atoms with Crippen LogP contribution in [0.3, 0.4) is 0 Å². The van der Waals surface area contributed by atoms with Crippen molar-refractivity contribution in [1.82, 2.24) is 15.0 Å². The normalized spacial score (nSPS) is 14.0. The summed E-state index contributed by atoms with van der Waals surface area (Å²) in [4.78, 5) is 12.9. The van der Waals surface area contributed by atoms with Gasteiger partial charge in [-0.1, -0.05) is 29.8 Å². The highest BCUT2D eigenvalue weighted by atomic mass is 16.5. The molecule has 138 valence electrons. The smallest absolute Gasteiger partial charge is 0.248 e. The van der Waals surface area contributed by atoms with Gasteiger partial charge in [-0.15, -0.1) is 0 Å². The average molecular weight is 361 g/mol. The molecule has 0 unspecified atom stereocenters. The molecule has 3 aromatic rings. The largest absolute Gasteiger partial charge is 0.435 e. The summed E-state index contributed by atoms with van der Waals surface area (Å²) in [5.74, 6) is 1.56. The number of fused-ring (bicyclic) bond motifs is 1. The third-order valence-corrected chi connectivity index (χ3v) is 4.77. The first-order valence-electron chi connectivity index (χ1n) is 9.35. The van der Waals surface area contributed by atoms with E-state index in [1.807, 2.05) is 30.3 Å². The summed E-state index contributed by atoms with van der Waals surface area (Å²) >= 11 is 0. The lowest BCUT2D eigenvalue weighted by atomic mass is 9.97. The summed E-state index contributed by atoms with van der Waals surface area (Å²) in [7, 11) is 0. The fourth-order valence-electron chi connectivity index (χ4n) is 3.34. The van der Waals surface area contributed by atoms with Crippen LogP contribution in [0, 0.1) is 0 Å². The predicted octanol–water partition coefficient (Wildman–Crippen LogP) is 4.70. The molecule has 0 spiro atoms. The van der Waals surface area contributed by atoms with E-state index in [4.69, 9.17) is 10.5 Å². The Morgan fingerprint density at radius 3 is 2.89 bits per heavy atom. The second-order valence-electron chi connectivity index (χ2n) is 6.66. The Balaban J connectivity index is 1.49. The van der Waals surface area contributed by atoms with E-state index in [-0.39, 0.29) is 0 Å². The first kappa shape index (κ1) is 17.3. The summed E-state index contributed by atoms with van der Waals surface area (Å²) in [5.41, 5.74) is 8.94. The lowest BCUT2D eigenvalue weighted by Gasteiger charge is -2.15. The van der Waals surface area contributed by atoms with Crippen LogP contribution in [0.2, 0.25) is 0 Å². The Hall–Kier alpha value is -3.15. The first-order chi connectivity index (χ1) is 13.3. The van der Waals surface area contributed by atoms with E-state index in [1.54, 1.807) is 6.20 Å². The van der Waals surface area contributed by atoms with E-state index < -0.39 is 0 Å². The molecule has 0 aliphatic heterocycles. The molecule has 1 aromatic carbocycles. The zero-order chi connectivity index (χ0) is 18.5. The molecule has 0 saturated heterocycles. The van der Waals surface area contributed by atoms with Crippen molar-refractivity contribution in [2.45, 2.75) is 32.1 Å². The molecular formula is C21H23N5O. The van der Waals surface area contributed by atoms with Gasteiger partial charge in [0.05, 0.1) is 0 Å². The predicted molar refractivity (Wildman–Crippen MR) is 108 cm³/mol. The minimum Gasteiger partial charge on any atom is -0.435 e. The number of allylic oxidation sites excluding steroid dienone is 1. The number of anilines is 2. The van der Waals surface area contributed by atoms with E-state index >= 15 is 0 Å². The Labute approximate surface area is 158 Å². The monoisotopic (exact) mass is 361 g/mol. The van der Waals surface area contributed by atoms with Crippen molar-refractivity contribution in [3.8, 4) is 11.6 Å². The zero-order valence-electron chi connectivity index (χ0n) is 15.2. The van der Waals surface area contributed by atoms with Gasteiger partial charge in [0, 0.05) is 18.1 Å². The van der Waals surface area contributed by atoms with Crippen LogP contribution in [-0.4, -0.2) is 21.5 Å². The van der Waals surface area contributed by atoms with Crippen molar-refractivity contribution in [3.05, 3.63) is 54.5 Å². The van der Waals surface area contributed by atoms with Gasteiger partial charge in [0.1, 0.15) is 17.5 Å². The van der Waals surface area contributed by atoms with Crippen LogP contribution in [0.5, 0.6) is 11.6 Å². The topological polar surface area (TPSA) is 86.0 Å². The van der Waals surface area contributed by atoms with Crippen LogP contribution in [-0.2, 0) is 0 Å². The maximum atomic E-state index is 6.25. The summed E-state index contributed by atoms with van der Waals surface area (Å²) in [6, 6.07) is 9.67. The second-order valence-corrected chi connectivity index (χ2v) is 6.66. The first-order valence-corrected chi connectivity index (χ1v) is 9.35. The summed E-state index contributed by atoms with van der Waals surface area (Å²) in [6.07, 6.45) is 11.6. The molecule has 4 rings (SSSR count). The zero-order valence-corrected chi connectivity index (χ0v) is 15.2. The van der Waals surface area contributed by atoms with E-state index in [1.165, 1.54) is 37.6 Å². The van der Waals surface area contributed by atoms with Crippen LogP contribution in [0.15, 0.2) is 54.5 Å². The summed E-state index contributed by atoms with van der Waals surface area (Å²) in [6.45, 7) is 0.794. The maximum Gasteiger partial charge on any atom is 0.248 e. The molecule has 27 heavy (non-hydrogen) atoms. The number of pyridine rings is 1. The van der Waals surface area contributed by atoms with Gasteiger partial charge < -0.3 is 15.8 Å². The van der Waals surface area contributed by atoms with Gasteiger partial charge in [-0.2, -0.15) is 4.98 Å². The van der Waals surface area contributed by atoms with Crippen molar-refractivity contribution >= 4 is 22.4 Å². The average Bonchev–Trinajstić information content (AvgIpc) is 2.72. The van der Waals surface area contributed by atoms with Crippen molar-refractivity contribution in [2.75, 3.05) is 17.6 Å². The van der Waals surface area contributed by atoms with Crippen LogP contribution in [0.4, 0.5) is 11.5 Å². The van der Waals surface area contributed by atoms with Gasteiger partial charge in [0.15, 0.2) is 11.6 Å². The van der Waals surface area contributed by atoms with Gasteiger partial charge in [0.2, 0.25) is 5.88 Å². The molecule has 0 fully saturated rings. The SMILES string of the molecule is Nc1c(NCCC2=CCCCC2)ncnc1Oc1cccc2cccnc12. The maximum absolute atomic E-state index is 6.25.